The molecule has 0 heterocycles. The number of oxime groups is 1. The summed E-state index contributed by atoms with van der Waals surface area (Å²) in [7, 11) is 0. The minimum atomic E-state index is -0.0558. The molecule has 0 saturated heterocycles. The number of hydrogen-bond donors (Lipinski definition) is 2. The maximum absolute atomic E-state index is 12.2. The summed E-state index contributed by atoms with van der Waals surface area (Å²) < 4.78 is 0.935. The molecular weight excluding hydrogens is 310 g/mol. The summed E-state index contributed by atoms with van der Waals surface area (Å²) in [4.78, 5) is 13.8. The predicted molar refractivity (Wildman–Crippen MR) is 78.1 cm³/mol. The van der Waals surface area contributed by atoms with Crippen LogP contribution in [0.15, 0.2) is 33.9 Å². The molecule has 0 aliphatic rings. The zero-order valence-electron chi connectivity index (χ0n) is 11.0. The van der Waals surface area contributed by atoms with Crippen molar-refractivity contribution in [3.8, 4) is 0 Å². The van der Waals surface area contributed by atoms with Crippen molar-refractivity contribution in [1.82, 2.24) is 4.90 Å². The summed E-state index contributed by atoms with van der Waals surface area (Å²) in [6, 6.07) is 7.57. The molecule has 0 aromatic heterocycles. The zero-order chi connectivity index (χ0) is 14.4. The highest BCUT2D eigenvalue weighted by Crippen LogP contribution is 2.13. The summed E-state index contributed by atoms with van der Waals surface area (Å²) >= 11 is 3.37. The molecular formula is C13H18BrN3O2. The van der Waals surface area contributed by atoms with Crippen molar-refractivity contribution in [3.05, 3.63) is 34.3 Å². The molecule has 6 heteroatoms. The van der Waals surface area contributed by atoms with Gasteiger partial charge in [-0.1, -0.05) is 33.2 Å². The number of hydrogen-bond acceptors (Lipinski definition) is 3. The standard InChI is InChI=1S/C13H18BrN3O2/c1-9(2)17(8-12(15)16-19)13(18)7-10-4-3-5-11(14)6-10/h3-6,9,19H,7-8H2,1-2H3,(H2,15,16). The number of nitrogens with zero attached hydrogens (tertiary/aromatic N) is 2. The average Bonchev–Trinajstić information content (AvgIpc) is 2.35. The summed E-state index contributed by atoms with van der Waals surface area (Å²) in [5.41, 5.74) is 6.39. The Hall–Kier alpha value is -1.56. The largest absolute Gasteiger partial charge is 0.409 e. The number of nitrogens with two attached hydrogens (primary N) is 1. The van der Waals surface area contributed by atoms with Gasteiger partial charge in [0.05, 0.1) is 13.0 Å². The van der Waals surface area contributed by atoms with Crippen molar-refractivity contribution in [1.29, 1.82) is 0 Å². The first-order valence-corrected chi connectivity index (χ1v) is 6.73. The Morgan fingerprint density at radius 3 is 2.74 bits per heavy atom. The van der Waals surface area contributed by atoms with E-state index in [9.17, 15) is 4.79 Å². The van der Waals surface area contributed by atoms with E-state index in [2.05, 4.69) is 21.1 Å². The van der Waals surface area contributed by atoms with E-state index in [1.807, 2.05) is 38.1 Å². The number of amides is 1. The zero-order valence-corrected chi connectivity index (χ0v) is 12.6. The Morgan fingerprint density at radius 2 is 2.21 bits per heavy atom. The van der Waals surface area contributed by atoms with Gasteiger partial charge in [0.2, 0.25) is 5.91 Å². The predicted octanol–water partition coefficient (Wildman–Crippen LogP) is 1.97. The number of amidine groups is 1. The van der Waals surface area contributed by atoms with Crippen molar-refractivity contribution >= 4 is 27.7 Å². The van der Waals surface area contributed by atoms with Gasteiger partial charge in [-0.25, -0.2) is 0 Å². The Kier molecular flexibility index (Phi) is 5.82. The molecule has 0 atom stereocenters. The normalized spacial score (nSPS) is 11.7. The molecule has 1 amide bonds. The molecule has 0 radical (unpaired) electrons. The van der Waals surface area contributed by atoms with Crippen LogP contribution >= 0.6 is 15.9 Å². The Labute approximate surface area is 121 Å². The Bertz CT molecular complexity index is 475. The first-order valence-electron chi connectivity index (χ1n) is 5.94. The number of carbonyl (C=O) groups excluding carboxylic acids is 1. The number of benzene rings is 1. The maximum Gasteiger partial charge on any atom is 0.227 e. The molecule has 0 bridgehead atoms. The molecule has 0 aliphatic heterocycles. The highest BCUT2D eigenvalue weighted by Gasteiger charge is 2.18. The van der Waals surface area contributed by atoms with Gasteiger partial charge in [-0.3, -0.25) is 4.79 Å². The summed E-state index contributed by atoms with van der Waals surface area (Å²) in [5, 5.41) is 11.5. The maximum atomic E-state index is 12.2. The summed E-state index contributed by atoms with van der Waals surface area (Å²) in [5.74, 6) is -0.0315. The van der Waals surface area contributed by atoms with Crippen LogP contribution in [-0.2, 0) is 11.2 Å². The minimum Gasteiger partial charge on any atom is -0.409 e. The van der Waals surface area contributed by atoms with E-state index < -0.39 is 0 Å². The molecule has 19 heavy (non-hydrogen) atoms. The van der Waals surface area contributed by atoms with Gasteiger partial charge >= 0.3 is 0 Å². The van der Waals surface area contributed by atoms with Gasteiger partial charge in [0.1, 0.15) is 0 Å². The van der Waals surface area contributed by atoms with E-state index >= 15 is 0 Å². The quantitative estimate of drug-likeness (QED) is 0.375. The lowest BCUT2D eigenvalue weighted by Crippen LogP contribution is -2.43. The molecule has 0 spiro atoms. The van der Waals surface area contributed by atoms with Crippen molar-refractivity contribution < 1.29 is 10.0 Å². The lowest BCUT2D eigenvalue weighted by atomic mass is 10.1. The molecule has 0 fully saturated rings. The van der Waals surface area contributed by atoms with E-state index in [-0.39, 0.29) is 30.8 Å². The van der Waals surface area contributed by atoms with Crippen molar-refractivity contribution in [3.63, 3.8) is 0 Å². The fourth-order valence-corrected chi connectivity index (χ4v) is 2.13. The monoisotopic (exact) mass is 327 g/mol. The van der Waals surface area contributed by atoms with Crippen LogP contribution < -0.4 is 5.73 Å². The van der Waals surface area contributed by atoms with Crippen LogP contribution in [0, 0.1) is 0 Å². The van der Waals surface area contributed by atoms with Gasteiger partial charge in [-0.2, -0.15) is 0 Å². The lowest BCUT2D eigenvalue weighted by Gasteiger charge is -2.26. The third kappa shape index (κ3) is 4.90. The molecule has 1 rings (SSSR count). The third-order valence-corrected chi connectivity index (χ3v) is 3.14. The van der Waals surface area contributed by atoms with Gasteiger partial charge in [0, 0.05) is 10.5 Å². The van der Waals surface area contributed by atoms with E-state index in [1.54, 1.807) is 4.90 Å². The second-order valence-electron chi connectivity index (χ2n) is 4.51. The number of carbonyl (C=O) groups is 1. The molecule has 1 aromatic rings. The van der Waals surface area contributed by atoms with Gasteiger partial charge in [-0.15, -0.1) is 0 Å². The highest BCUT2D eigenvalue weighted by molar-refractivity contribution is 9.10. The third-order valence-electron chi connectivity index (χ3n) is 2.65. The van der Waals surface area contributed by atoms with Crippen LogP contribution in [0.2, 0.25) is 0 Å². The second kappa shape index (κ2) is 7.13. The second-order valence-corrected chi connectivity index (χ2v) is 5.43. The van der Waals surface area contributed by atoms with Gasteiger partial charge in [-0.05, 0) is 31.5 Å². The van der Waals surface area contributed by atoms with E-state index in [1.165, 1.54) is 0 Å². The van der Waals surface area contributed by atoms with Crippen molar-refractivity contribution in [2.75, 3.05) is 6.54 Å². The Balaban J connectivity index is 2.78. The van der Waals surface area contributed by atoms with Crippen LogP contribution in [0.25, 0.3) is 0 Å². The van der Waals surface area contributed by atoms with Crippen LogP contribution in [0.1, 0.15) is 19.4 Å². The molecule has 5 nitrogen and oxygen atoms in total. The number of rotatable bonds is 5. The van der Waals surface area contributed by atoms with Crippen LogP contribution in [-0.4, -0.2) is 34.4 Å². The van der Waals surface area contributed by atoms with Crippen molar-refractivity contribution in [2.24, 2.45) is 10.9 Å². The number of halogens is 1. The fourth-order valence-electron chi connectivity index (χ4n) is 1.69. The van der Waals surface area contributed by atoms with Gasteiger partial charge in [0.15, 0.2) is 5.84 Å². The van der Waals surface area contributed by atoms with Crippen LogP contribution in [0.5, 0.6) is 0 Å². The van der Waals surface area contributed by atoms with Gasteiger partial charge in [0.25, 0.3) is 0 Å². The molecule has 1 aromatic carbocycles. The molecule has 3 N–H and O–H groups in total. The van der Waals surface area contributed by atoms with Crippen LogP contribution in [0.3, 0.4) is 0 Å². The highest BCUT2D eigenvalue weighted by atomic mass is 79.9. The summed E-state index contributed by atoms with van der Waals surface area (Å²) in [6.07, 6.45) is 0.288. The molecule has 0 aliphatic carbocycles. The van der Waals surface area contributed by atoms with Crippen LogP contribution in [0.4, 0.5) is 0 Å². The first-order chi connectivity index (χ1) is 8.93. The van der Waals surface area contributed by atoms with Crippen molar-refractivity contribution in [2.45, 2.75) is 26.3 Å². The van der Waals surface area contributed by atoms with E-state index in [0.29, 0.717) is 0 Å². The fraction of sp³-hybridized carbons (Fsp3) is 0.385. The summed E-state index contributed by atoms with van der Waals surface area (Å²) in [6.45, 7) is 3.91. The smallest absolute Gasteiger partial charge is 0.227 e. The SMILES string of the molecule is CC(C)N(CC(N)=NO)C(=O)Cc1cccc(Br)c1. The topological polar surface area (TPSA) is 78.9 Å². The molecule has 0 unspecified atom stereocenters. The Morgan fingerprint density at radius 1 is 1.53 bits per heavy atom. The van der Waals surface area contributed by atoms with E-state index in [0.717, 1.165) is 10.0 Å². The first kappa shape index (κ1) is 15.5. The minimum absolute atomic E-state index is 0.0139. The molecule has 104 valence electrons. The van der Waals surface area contributed by atoms with E-state index in [4.69, 9.17) is 10.9 Å². The van der Waals surface area contributed by atoms with Gasteiger partial charge < -0.3 is 15.8 Å². The molecule has 0 saturated carbocycles. The lowest BCUT2D eigenvalue weighted by molar-refractivity contribution is -0.131. The average molecular weight is 328 g/mol.